The molecular weight excluding hydrogens is 444 g/mol. The smallest absolute Gasteiger partial charge is 0.412 e. The highest BCUT2D eigenvalue weighted by atomic mass is 35.5. The van der Waals surface area contributed by atoms with Gasteiger partial charge in [-0.15, -0.1) is 0 Å². The van der Waals surface area contributed by atoms with Crippen LogP contribution in [0.5, 0.6) is 5.75 Å². The van der Waals surface area contributed by atoms with Gasteiger partial charge in [0.1, 0.15) is 11.4 Å². The Morgan fingerprint density at radius 2 is 1.82 bits per heavy atom. The van der Waals surface area contributed by atoms with Crippen molar-refractivity contribution in [1.82, 2.24) is 5.32 Å². The van der Waals surface area contributed by atoms with Crippen LogP contribution < -0.4 is 15.4 Å². The first-order valence-electron chi connectivity index (χ1n) is 11.0. The van der Waals surface area contributed by atoms with Crippen molar-refractivity contribution in [2.45, 2.75) is 58.6 Å². The molecule has 2 rings (SSSR count). The van der Waals surface area contributed by atoms with Gasteiger partial charge in [0, 0.05) is 23.9 Å². The second-order valence-corrected chi connectivity index (χ2v) is 9.11. The van der Waals surface area contributed by atoms with Crippen molar-refractivity contribution in [2.24, 2.45) is 0 Å². The fraction of sp³-hybridized carbons (Fsp3) is 0.440. The van der Waals surface area contributed by atoms with Crippen molar-refractivity contribution in [3.8, 4) is 5.75 Å². The van der Waals surface area contributed by atoms with E-state index in [1.54, 1.807) is 51.1 Å². The summed E-state index contributed by atoms with van der Waals surface area (Å²) in [6.07, 6.45) is 1.25. The van der Waals surface area contributed by atoms with Crippen molar-refractivity contribution in [1.29, 1.82) is 0 Å². The lowest BCUT2D eigenvalue weighted by Crippen LogP contribution is -2.37. The Bertz CT molecular complexity index is 925. The average Bonchev–Trinajstić information content (AvgIpc) is 2.73. The number of ether oxygens (including phenoxy) is 2. The van der Waals surface area contributed by atoms with Gasteiger partial charge in [0.05, 0.1) is 11.6 Å². The second-order valence-electron chi connectivity index (χ2n) is 8.70. The molecule has 0 fully saturated rings. The number of aliphatic hydroxyl groups excluding tert-OH is 1. The molecule has 2 aromatic rings. The summed E-state index contributed by atoms with van der Waals surface area (Å²) in [5.41, 5.74) is 1.40. The zero-order chi connectivity index (χ0) is 24.4. The number of anilines is 1. The Balaban J connectivity index is 1.99. The minimum Gasteiger partial charge on any atom is -0.492 e. The topological polar surface area (TPSA) is 96.9 Å². The molecule has 1 atom stereocenters. The van der Waals surface area contributed by atoms with E-state index in [1.807, 2.05) is 19.1 Å². The Morgan fingerprint density at radius 3 is 2.39 bits per heavy atom. The number of hydrogen-bond acceptors (Lipinski definition) is 5. The number of carbonyl (C=O) groups excluding carboxylic acids is 2. The second kappa shape index (κ2) is 12.5. The zero-order valence-corrected chi connectivity index (χ0v) is 20.4. The van der Waals surface area contributed by atoms with Crippen molar-refractivity contribution in [3.63, 3.8) is 0 Å². The van der Waals surface area contributed by atoms with Gasteiger partial charge in [-0.1, -0.05) is 30.7 Å². The Hall–Kier alpha value is -2.77. The van der Waals surface area contributed by atoms with E-state index in [1.165, 1.54) is 0 Å². The quantitative estimate of drug-likeness (QED) is 0.438. The average molecular weight is 477 g/mol. The van der Waals surface area contributed by atoms with Crippen LogP contribution in [0.3, 0.4) is 0 Å². The predicted molar refractivity (Wildman–Crippen MR) is 130 cm³/mol. The summed E-state index contributed by atoms with van der Waals surface area (Å²) in [7, 11) is 0. The predicted octanol–water partition coefficient (Wildman–Crippen LogP) is 5.20. The summed E-state index contributed by atoms with van der Waals surface area (Å²) in [5, 5.41) is 15.5. The largest absolute Gasteiger partial charge is 0.492 e. The number of hydrogen-bond donors (Lipinski definition) is 3. The van der Waals surface area contributed by atoms with Crippen molar-refractivity contribution in [3.05, 3.63) is 58.6 Å². The third-order valence-electron chi connectivity index (χ3n) is 4.55. The monoisotopic (exact) mass is 476 g/mol. The van der Waals surface area contributed by atoms with Crippen LogP contribution in [0.25, 0.3) is 0 Å². The maximum Gasteiger partial charge on any atom is 0.412 e. The lowest BCUT2D eigenvalue weighted by molar-refractivity contribution is 0.0635. The molecule has 0 aromatic heterocycles. The van der Waals surface area contributed by atoms with Crippen LogP contribution in [-0.2, 0) is 11.2 Å². The minimum atomic E-state index is -0.577. The lowest BCUT2D eigenvalue weighted by atomic mass is 10.0. The Kier molecular flexibility index (Phi) is 10.0. The van der Waals surface area contributed by atoms with E-state index in [0.29, 0.717) is 41.5 Å². The summed E-state index contributed by atoms with van der Waals surface area (Å²) in [6, 6.07) is 11.9. The first-order valence-corrected chi connectivity index (χ1v) is 11.4. The summed E-state index contributed by atoms with van der Waals surface area (Å²) < 4.78 is 10.8. The molecular formula is C25H33ClN2O5. The molecule has 180 valence electrons. The first-order chi connectivity index (χ1) is 15.6. The van der Waals surface area contributed by atoms with Crippen LogP contribution in [0.1, 0.15) is 56.5 Å². The molecule has 0 unspecified atom stereocenters. The van der Waals surface area contributed by atoms with Crippen LogP contribution in [0, 0.1) is 0 Å². The third-order valence-corrected chi connectivity index (χ3v) is 4.85. The van der Waals surface area contributed by atoms with E-state index in [-0.39, 0.29) is 18.6 Å². The van der Waals surface area contributed by atoms with Crippen LogP contribution in [0.15, 0.2) is 42.5 Å². The molecule has 8 heteroatoms. The number of amides is 2. The highest BCUT2D eigenvalue weighted by Gasteiger charge is 2.17. The first kappa shape index (κ1) is 26.5. The lowest BCUT2D eigenvalue weighted by Gasteiger charge is -2.20. The molecule has 0 saturated carbocycles. The van der Waals surface area contributed by atoms with Gasteiger partial charge in [0.15, 0.2) is 0 Å². The van der Waals surface area contributed by atoms with Gasteiger partial charge >= 0.3 is 6.09 Å². The van der Waals surface area contributed by atoms with Crippen molar-refractivity contribution >= 4 is 29.3 Å². The van der Waals surface area contributed by atoms with Crippen LogP contribution >= 0.6 is 11.6 Å². The van der Waals surface area contributed by atoms with E-state index in [4.69, 9.17) is 21.1 Å². The molecule has 2 aromatic carbocycles. The fourth-order valence-electron chi connectivity index (χ4n) is 3.05. The summed E-state index contributed by atoms with van der Waals surface area (Å²) >= 11 is 6.24. The zero-order valence-electron chi connectivity index (χ0n) is 19.6. The summed E-state index contributed by atoms with van der Waals surface area (Å²) in [6.45, 7) is 7.89. The van der Waals surface area contributed by atoms with Gasteiger partial charge in [0.2, 0.25) is 0 Å². The molecule has 0 bridgehead atoms. The minimum absolute atomic E-state index is 0.0617. The van der Waals surface area contributed by atoms with Crippen molar-refractivity contribution in [2.75, 3.05) is 18.5 Å². The molecule has 0 saturated heterocycles. The Morgan fingerprint density at radius 1 is 1.12 bits per heavy atom. The number of carbonyl (C=O) groups is 2. The van der Waals surface area contributed by atoms with Crippen molar-refractivity contribution < 1.29 is 24.2 Å². The standard InChI is InChI=1S/C25H33ClN2O5/c1-5-14-32-22-11-8-18(16-21(22)26)23(30)27-20(12-13-29)15-17-6-9-19(10-7-17)28-24(31)33-25(2,3)4/h6-11,16,20,29H,5,12-15H2,1-4H3,(H,27,30)(H,28,31)/t20-/m1/s1. The number of rotatable bonds is 10. The van der Waals surface area contributed by atoms with Gasteiger partial charge in [-0.05, 0) is 75.9 Å². The fourth-order valence-corrected chi connectivity index (χ4v) is 3.29. The number of nitrogens with one attached hydrogen (secondary N) is 2. The van der Waals surface area contributed by atoms with E-state index in [2.05, 4.69) is 10.6 Å². The Labute approximate surface area is 200 Å². The molecule has 0 radical (unpaired) electrons. The van der Waals surface area contributed by atoms with Gasteiger partial charge in [-0.2, -0.15) is 0 Å². The maximum absolute atomic E-state index is 12.7. The van der Waals surface area contributed by atoms with E-state index >= 15 is 0 Å². The molecule has 2 amide bonds. The summed E-state index contributed by atoms with van der Waals surface area (Å²) in [5.74, 6) is 0.266. The number of aliphatic hydroxyl groups is 1. The summed E-state index contributed by atoms with van der Waals surface area (Å²) in [4.78, 5) is 24.6. The molecule has 3 N–H and O–H groups in total. The molecule has 0 aliphatic carbocycles. The molecule has 0 aliphatic rings. The van der Waals surface area contributed by atoms with Gasteiger partial charge in [-0.25, -0.2) is 4.79 Å². The molecule has 7 nitrogen and oxygen atoms in total. The molecule has 0 aliphatic heterocycles. The van der Waals surface area contributed by atoms with Crippen LogP contribution in [-0.4, -0.2) is 42.0 Å². The maximum atomic E-state index is 12.7. The molecule has 33 heavy (non-hydrogen) atoms. The van der Waals surface area contributed by atoms with Crippen LogP contribution in [0.4, 0.5) is 10.5 Å². The van der Waals surface area contributed by atoms with E-state index < -0.39 is 11.7 Å². The highest BCUT2D eigenvalue weighted by molar-refractivity contribution is 6.32. The third kappa shape index (κ3) is 9.32. The normalized spacial score (nSPS) is 12.1. The van der Waals surface area contributed by atoms with Gasteiger partial charge < -0.3 is 19.9 Å². The van der Waals surface area contributed by atoms with Gasteiger partial charge in [0.25, 0.3) is 5.91 Å². The highest BCUT2D eigenvalue weighted by Crippen LogP contribution is 2.26. The number of benzene rings is 2. The van der Waals surface area contributed by atoms with Gasteiger partial charge in [-0.3, -0.25) is 10.1 Å². The van der Waals surface area contributed by atoms with E-state index in [9.17, 15) is 14.7 Å². The number of halogens is 1. The molecule has 0 spiro atoms. The SMILES string of the molecule is CCCOc1ccc(C(=O)N[C@H](CCO)Cc2ccc(NC(=O)OC(C)(C)C)cc2)cc1Cl. The van der Waals surface area contributed by atoms with Crippen LogP contribution in [0.2, 0.25) is 5.02 Å². The molecule has 0 heterocycles. The van der Waals surface area contributed by atoms with E-state index in [0.717, 1.165) is 12.0 Å².